The summed E-state index contributed by atoms with van der Waals surface area (Å²) in [5.41, 5.74) is -0.412. The average Bonchev–Trinajstić information content (AvgIpc) is 2.89. The molecule has 0 saturated heterocycles. The Kier molecular flexibility index (Phi) is 4.13. The molecule has 1 fully saturated rings. The largest absolute Gasteiger partial charge is 0.469 e. The summed E-state index contributed by atoms with van der Waals surface area (Å²) in [6.45, 7) is 13.0. The molecule has 0 aromatic heterocycles. The normalized spacial score (nSPS) is 28.5. The van der Waals surface area contributed by atoms with Gasteiger partial charge in [-0.1, -0.05) is 32.9 Å². The summed E-state index contributed by atoms with van der Waals surface area (Å²) in [6, 6.07) is 0. The summed E-state index contributed by atoms with van der Waals surface area (Å²) in [6.07, 6.45) is 4.74. The lowest BCUT2D eigenvalue weighted by atomic mass is 10.2. The van der Waals surface area contributed by atoms with Gasteiger partial charge in [0.05, 0.1) is 18.6 Å². The Bertz CT molecular complexity index is 355. The van der Waals surface area contributed by atoms with E-state index in [2.05, 4.69) is 33.9 Å². The SMILES string of the molecule is C/C=C/[C@]1(O[Si](C)(C)C(C)(C)C)C[C@@H]1C(=O)OC. The smallest absolute Gasteiger partial charge is 0.312 e. The lowest BCUT2D eigenvalue weighted by Crippen LogP contribution is -2.45. The number of carbonyl (C=O) groups is 1. The molecule has 0 unspecified atom stereocenters. The number of hydrogen-bond donors (Lipinski definition) is 0. The van der Waals surface area contributed by atoms with Crippen LogP contribution in [0.5, 0.6) is 0 Å². The van der Waals surface area contributed by atoms with Crippen molar-refractivity contribution in [1.29, 1.82) is 0 Å². The molecule has 104 valence electrons. The van der Waals surface area contributed by atoms with Gasteiger partial charge < -0.3 is 9.16 Å². The van der Waals surface area contributed by atoms with Gasteiger partial charge in [-0.2, -0.15) is 0 Å². The van der Waals surface area contributed by atoms with Crippen LogP contribution in [-0.4, -0.2) is 27.0 Å². The van der Waals surface area contributed by atoms with Crippen LogP contribution < -0.4 is 0 Å². The fourth-order valence-corrected chi connectivity index (χ4v) is 3.48. The van der Waals surface area contributed by atoms with E-state index in [4.69, 9.17) is 9.16 Å². The molecule has 4 heteroatoms. The molecule has 18 heavy (non-hydrogen) atoms. The van der Waals surface area contributed by atoms with E-state index in [1.54, 1.807) is 0 Å². The van der Waals surface area contributed by atoms with Gasteiger partial charge in [0.15, 0.2) is 8.32 Å². The number of esters is 1. The molecule has 0 aliphatic heterocycles. The van der Waals surface area contributed by atoms with Crippen molar-refractivity contribution in [2.45, 2.75) is 57.8 Å². The van der Waals surface area contributed by atoms with Gasteiger partial charge in [-0.05, 0) is 31.5 Å². The van der Waals surface area contributed by atoms with Crippen molar-refractivity contribution in [2.24, 2.45) is 5.92 Å². The lowest BCUT2D eigenvalue weighted by molar-refractivity contribution is -0.143. The molecule has 0 N–H and O–H groups in total. The minimum absolute atomic E-state index is 0.132. The first-order valence-corrected chi connectivity index (χ1v) is 9.42. The Hall–Kier alpha value is -0.613. The predicted octanol–water partition coefficient (Wildman–Crippen LogP) is 3.52. The van der Waals surface area contributed by atoms with Crippen molar-refractivity contribution < 1.29 is 14.0 Å². The Morgan fingerprint density at radius 2 is 1.94 bits per heavy atom. The Balaban J connectivity index is 2.89. The van der Waals surface area contributed by atoms with Crippen LogP contribution in [0, 0.1) is 5.92 Å². The summed E-state index contributed by atoms with van der Waals surface area (Å²) in [5.74, 6) is -0.292. The Labute approximate surface area is 112 Å². The number of rotatable bonds is 4. The first kappa shape index (κ1) is 15.4. The number of carbonyl (C=O) groups excluding carboxylic acids is 1. The van der Waals surface area contributed by atoms with Gasteiger partial charge in [0.1, 0.15) is 0 Å². The number of allylic oxidation sites excluding steroid dienone is 1. The Morgan fingerprint density at radius 3 is 2.33 bits per heavy atom. The van der Waals surface area contributed by atoms with Gasteiger partial charge in [0, 0.05) is 0 Å². The molecule has 0 aromatic rings. The summed E-state index contributed by atoms with van der Waals surface area (Å²) < 4.78 is 11.3. The molecule has 0 amide bonds. The summed E-state index contributed by atoms with van der Waals surface area (Å²) in [5, 5.41) is 0.144. The molecule has 0 heterocycles. The quantitative estimate of drug-likeness (QED) is 0.445. The standard InChI is InChI=1S/C14H26O3Si/c1-8-9-14(10-11(14)12(15)16-5)17-18(6,7)13(2,3)4/h8-9,11H,10H2,1-7H3/b9-8+/t11-,14+/m1/s1. The molecule has 0 bridgehead atoms. The van der Waals surface area contributed by atoms with E-state index < -0.39 is 13.9 Å². The Morgan fingerprint density at radius 1 is 1.39 bits per heavy atom. The zero-order chi connectivity index (χ0) is 14.2. The predicted molar refractivity (Wildman–Crippen MR) is 76.0 cm³/mol. The summed E-state index contributed by atoms with van der Waals surface area (Å²) in [4.78, 5) is 11.7. The van der Waals surface area contributed by atoms with Crippen molar-refractivity contribution in [2.75, 3.05) is 7.11 Å². The highest BCUT2D eigenvalue weighted by atomic mass is 28.4. The summed E-state index contributed by atoms with van der Waals surface area (Å²) >= 11 is 0. The van der Waals surface area contributed by atoms with E-state index in [1.165, 1.54) is 7.11 Å². The fourth-order valence-electron chi connectivity index (χ4n) is 1.93. The van der Waals surface area contributed by atoms with Gasteiger partial charge in [-0.3, -0.25) is 4.79 Å². The number of hydrogen-bond acceptors (Lipinski definition) is 3. The van der Waals surface area contributed by atoms with Crippen LogP contribution in [-0.2, 0) is 14.0 Å². The van der Waals surface area contributed by atoms with E-state index in [1.807, 2.05) is 19.1 Å². The highest BCUT2D eigenvalue weighted by Gasteiger charge is 2.61. The minimum atomic E-state index is -1.87. The van der Waals surface area contributed by atoms with Crippen LogP contribution in [0.2, 0.25) is 18.1 Å². The second kappa shape index (κ2) is 4.81. The fraction of sp³-hybridized carbons (Fsp3) is 0.786. The first-order chi connectivity index (χ1) is 8.09. The maximum atomic E-state index is 11.7. The van der Waals surface area contributed by atoms with E-state index in [0.717, 1.165) is 6.42 Å². The molecule has 1 aliphatic carbocycles. The highest BCUT2D eigenvalue weighted by Crippen LogP contribution is 2.53. The third kappa shape index (κ3) is 2.86. The lowest BCUT2D eigenvalue weighted by Gasteiger charge is -2.39. The van der Waals surface area contributed by atoms with Crippen molar-refractivity contribution in [3.05, 3.63) is 12.2 Å². The molecular formula is C14H26O3Si. The second-order valence-corrected chi connectivity index (χ2v) is 11.3. The third-order valence-corrected chi connectivity index (χ3v) is 8.64. The topological polar surface area (TPSA) is 35.5 Å². The van der Waals surface area contributed by atoms with Crippen molar-refractivity contribution in [3.63, 3.8) is 0 Å². The van der Waals surface area contributed by atoms with Crippen LogP contribution >= 0.6 is 0 Å². The molecule has 0 spiro atoms. The van der Waals surface area contributed by atoms with Crippen LogP contribution in [0.4, 0.5) is 0 Å². The monoisotopic (exact) mass is 270 g/mol. The molecule has 2 atom stereocenters. The van der Waals surface area contributed by atoms with Gasteiger partial charge in [0.2, 0.25) is 0 Å². The van der Waals surface area contributed by atoms with Crippen molar-refractivity contribution in [3.8, 4) is 0 Å². The molecule has 3 nitrogen and oxygen atoms in total. The van der Waals surface area contributed by atoms with Gasteiger partial charge in [-0.25, -0.2) is 0 Å². The van der Waals surface area contributed by atoms with Crippen LogP contribution in [0.1, 0.15) is 34.1 Å². The van der Waals surface area contributed by atoms with Crippen molar-refractivity contribution >= 4 is 14.3 Å². The van der Waals surface area contributed by atoms with Gasteiger partial charge in [0.25, 0.3) is 0 Å². The zero-order valence-electron chi connectivity index (χ0n) is 12.7. The average molecular weight is 270 g/mol. The van der Waals surface area contributed by atoms with E-state index in [-0.39, 0.29) is 16.9 Å². The highest BCUT2D eigenvalue weighted by molar-refractivity contribution is 6.74. The molecule has 0 radical (unpaired) electrons. The zero-order valence-corrected chi connectivity index (χ0v) is 13.7. The molecular weight excluding hydrogens is 244 g/mol. The van der Waals surface area contributed by atoms with Crippen LogP contribution in [0.15, 0.2) is 12.2 Å². The molecule has 0 aromatic carbocycles. The van der Waals surface area contributed by atoms with E-state index in [0.29, 0.717) is 0 Å². The van der Waals surface area contributed by atoms with Crippen LogP contribution in [0.3, 0.4) is 0 Å². The second-order valence-electron chi connectivity index (χ2n) is 6.60. The molecule has 1 rings (SSSR count). The maximum Gasteiger partial charge on any atom is 0.312 e. The minimum Gasteiger partial charge on any atom is -0.469 e. The summed E-state index contributed by atoms with van der Waals surface area (Å²) in [7, 11) is -0.437. The third-order valence-electron chi connectivity index (χ3n) is 4.14. The van der Waals surface area contributed by atoms with Crippen LogP contribution in [0.25, 0.3) is 0 Å². The molecule has 1 saturated carbocycles. The van der Waals surface area contributed by atoms with Crippen molar-refractivity contribution in [1.82, 2.24) is 0 Å². The molecule has 1 aliphatic rings. The van der Waals surface area contributed by atoms with Gasteiger partial charge >= 0.3 is 5.97 Å². The van der Waals surface area contributed by atoms with E-state index >= 15 is 0 Å². The van der Waals surface area contributed by atoms with Gasteiger partial charge in [-0.15, -0.1) is 0 Å². The number of methoxy groups -OCH3 is 1. The maximum absolute atomic E-state index is 11.7. The van der Waals surface area contributed by atoms with E-state index in [9.17, 15) is 4.79 Å². The number of ether oxygens (including phenoxy) is 1. The first-order valence-electron chi connectivity index (χ1n) is 6.51.